The zero-order valence-electron chi connectivity index (χ0n) is 15.2. The molecular formula is C19H22F2N4OS. The number of benzene rings is 1. The molecule has 0 radical (unpaired) electrons. The monoisotopic (exact) mass is 392 g/mol. The van der Waals surface area contributed by atoms with Crippen molar-refractivity contribution in [1.82, 2.24) is 9.78 Å². The molecule has 2 aromatic rings. The molecule has 0 bridgehead atoms. The van der Waals surface area contributed by atoms with E-state index in [1.54, 1.807) is 0 Å². The summed E-state index contributed by atoms with van der Waals surface area (Å²) in [5.74, 6) is -0.510. The third kappa shape index (κ3) is 3.25. The van der Waals surface area contributed by atoms with Crippen molar-refractivity contribution in [1.29, 1.82) is 0 Å². The maximum atomic E-state index is 14.6. The first-order valence-corrected chi connectivity index (χ1v) is 9.98. The van der Waals surface area contributed by atoms with Crippen molar-refractivity contribution >= 4 is 16.9 Å². The maximum Gasteiger partial charge on any atom is 0.154 e. The van der Waals surface area contributed by atoms with Gasteiger partial charge in [0.15, 0.2) is 5.17 Å². The minimum absolute atomic E-state index is 0.0118. The molecule has 4 rings (SSSR count). The molecule has 0 aliphatic carbocycles. The Balaban J connectivity index is 1.68. The van der Waals surface area contributed by atoms with Gasteiger partial charge in [-0.25, -0.2) is 13.8 Å². The van der Waals surface area contributed by atoms with Gasteiger partial charge in [0, 0.05) is 35.5 Å². The SMILES string of the molecule is CC(C)n1ccc([C@H]2CC3CSC(N)=NC3(c3ccc(F)cc3F)CO2)n1. The number of halogens is 2. The van der Waals surface area contributed by atoms with Crippen molar-refractivity contribution in [3.63, 3.8) is 0 Å². The van der Waals surface area contributed by atoms with Crippen LogP contribution in [0.15, 0.2) is 35.5 Å². The Hall–Kier alpha value is -1.93. The summed E-state index contributed by atoms with van der Waals surface area (Å²) in [5.41, 5.74) is 6.25. The van der Waals surface area contributed by atoms with Crippen molar-refractivity contribution in [2.75, 3.05) is 12.4 Å². The standard InChI is InChI=1S/C19H22F2N4OS/c1-11(2)25-6-5-16(24-25)17-7-12-9-27-18(22)23-19(12,10-26-17)14-4-3-13(20)8-15(14)21/h3-6,8,11-12,17H,7,9-10H2,1-2H3,(H2,22,23)/t12?,17-,19?/m1/s1. The molecule has 144 valence electrons. The minimum atomic E-state index is -0.926. The molecule has 2 aliphatic heterocycles. The van der Waals surface area contributed by atoms with E-state index in [0.717, 1.165) is 11.8 Å². The fraction of sp³-hybridized carbons (Fsp3) is 0.474. The molecular weight excluding hydrogens is 370 g/mol. The minimum Gasteiger partial charge on any atom is -0.379 e. The van der Waals surface area contributed by atoms with Crippen molar-refractivity contribution in [3.05, 3.63) is 53.4 Å². The van der Waals surface area contributed by atoms with Crippen LogP contribution in [-0.2, 0) is 10.3 Å². The molecule has 1 aromatic heterocycles. The van der Waals surface area contributed by atoms with Crippen LogP contribution in [0, 0.1) is 17.6 Å². The lowest BCUT2D eigenvalue weighted by molar-refractivity contribution is -0.0608. The number of ether oxygens (including phenoxy) is 1. The number of nitrogens with two attached hydrogens (primary N) is 1. The molecule has 1 aromatic carbocycles. The number of fused-ring (bicyclic) bond motifs is 1. The van der Waals surface area contributed by atoms with Crippen LogP contribution in [0.1, 0.15) is 43.7 Å². The predicted molar refractivity (Wildman–Crippen MR) is 102 cm³/mol. The van der Waals surface area contributed by atoms with E-state index in [9.17, 15) is 8.78 Å². The average Bonchev–Trinajstić information content (AvgIpc) is 3.11. The van der Waals surface area contributed by atoms with Crippen molar-refractivity contribution < 1.29 is 13.5 Å². The van der Waals surface area contributed by atoms with Crippen molar-refractivity contribution in [2.24, 2.45) is 16.6 Å². The smallest absolute Gasteiger partial charge is 0.154 e. The van der Waals surface area contributed by atoms with E-state index >= 15 is 0 Å². The lowest BCUT2D eigenvalue weighted by Crippen LogP contribution is -2.48. The number of thioether (sulfide) groups is 1. The Labute approximate surface area is 161 Å². The molecule has 2 N–H and O–H groups in total. The number of hydrogen-bond donors (Lipinski definition) is 1. The Morgan fingerprint density at radius 2 is 2.15 bits per heavy atom. The largest absolute Gasteiger partial charge is 0.379 e. The second-order valence-corrected chi connectivity index (χ2v) is 8.40. The number of aromatic nitrogens is 2. The number of rotatable bonds is 3. The molecule has 0 amide bonds. The van der Waals surface area contributed by atoms with Gasteiger partial charge < -0.3 is 10.5 Å². The molecule has 8 heteroatoms. The van der Waals surface area contributed by atoms with E-state index in [2.05, 4.69) is 23.9 Å². The molecule has 0 spiro atoms. The summed E-state index contributed by atoms with van der Waals surface area (Å²) in [6.45, 7) is 4.31. The summed E-state index contributed by atoms with van der Waals surface area (Å²) < 4.78 is 36.0. The molecule has 5 nitrogen and oxygen atoms in total. The first-order valence-electron chi connectivity index (χ1n) is 8.99. The number of nitrogens with zero attached hydrogens (tertiary/aromatic N) is 3. The quantitative estimate of drug-likeness (QED) is 0.863. The Morgan fingerprint density at radius 3 is 2.85 bits per heavy atom. The highest BCUT2D eigenvalue weighted by atomic mass is 32.2. The van der Waals surface area contributed by atoms with E-state index in [1.807, 2.05) is 16.9 Å². The van der Waals surface area contributed by atoms with Crippen LogP contribution in [0.3, 0.4) is 0 Å². The van der Waals surface area contributed by atoms with Crippen LogP contribution in [0.25, 0.3) is 0 Å². The van der Waals surface area contributed by atoms with Gasteiger partial charge >= 0.3 is 0 Å². The summed E-state index contributed by atoms with van der Waals surface area (Å²) >= 11 is 1.46. The normalized spacial score (nSPS) is 28.1. The number of hydrogen-bond acceptors (Lipinski definition) is 5. The summed E-state index contributed by atoms with van der Waals surface area (Å²) in [7, 11) is 0. The second kappa shape index (κ2) is 6.91. The number of aliphatic imine (C=N–C) groups is 1. The zero-order chi connectivity index (χ0) is 19.2. The van der Waals surface area contributed by atoms with E-state index < -0.39 is 17.2 Å². The van der Waals surface area contributed by atoms with E-state index in [0.29, 0.717) is 22.9 Å². The summed E-state index contributed by atoms with van der Waals surface area (Å²) in [6.07, 6.45) is 2.41. The Morgan fingerprint density at radius 1 is 1.33 bits per heavy atom. The van der Waals surface area contributed by atoms with Crippen LogP contribution >= 0.6 is 11.8 Å². The molecule has 27 heavy (non-hydrogen) atoms. The molecule has 2 unspecified atom stereocenters. The maximum absolute atomic E-state index is 14.6. The topological polar surface area (TPSA) is 65.4 Å². The predicted octanol–water partition coefficient (Wildman–Crippen LogP) is 3.78. The third-order valence-corrected chi connectivity index (χ3v) is 6.26. The second-order valence-electron chi connectivity index (χ2n) is 7.36. The van der Waals surface area contributed by atoms with Gasteiger partial charge in [-0.1, -0.05) is 17.8 Å². The van der Waals surface area contributed by atoms with Crippen LogP contribution in [-0.4, -0.2) is 27.3 Å². The van der Waals surface area contributed by atoms with Gasteiger partial charge in [-0.15, -0.1) is 0 Å². The van der Waals surface area contributed by atoms with Gasteiger partial charge in [0.25, 0.3) is 0 Å². The molecule has 0 saturated carbocycles. The molecule has 3 heterocycles. The first-order chi connectivity index (χ1) is 12.9. The lowest BCUT2D eigenvalue weighted by Gasteiger charge is -2.46. The lowest BCUT2D eigenvalue weighted by atomic mass is 9.74. The molecule has 2 aliphatic rings. The highest BCUT2D eigenvalue weighted by Crippen LogP contribution is 2.49. The van der Waals surface area contributed by atoms with Gasteiger partial charge in [0.1, 0.15) is 23.3 Å². The van der Waals surface area contributed by atoms with Crippen molar-refractivity contribution in [2.45, 2.75) is 38.0 Å². The van der Waals surface area contributed by atoms with Crippen LogP contribution in [0.5, 0.6) is 0 Å². The zero-order valence-corrected chi connectivity index (χ0v) is 16.0. The van der Waals surface area contributed by atoms with E-state index in [-0.39, 0.29) is 24.7 Å². The van der Waals surface area contributed by atoms with Crippen LogP contribution in [0.4, 0.5) is 8.78 Å². The highest BCUT2D eigenvalue weighted by Gasteiger charge is 2.50. The van der Waals surface area contributed by atoms with Gasteiger partial charge in [-0.05, 0) is 32.4 Å². The van der Waals surface area contributed by atoms with Crippen LogP contribution in [0.2, 0.25) is 0 Å². The fourth-order valence-corrected chi connectivity index (χ4v) is 4.84. The van der Waals surface area contributed by atoms with Gasteiger partial charge in [0.2, 0.25) is 0 Å². The van der Waals surface area contributed by atoms with Gasteiger partial charge in [0.05, 0.1) is 12.3 Å². The summed E-state index contributed by atoms with van der Waals surface area (Å²) in [5, 5.41) is 5.02. The van der Waals surface area contributed by atoms with Gasteiger partial charge in [-0.2, -0.15) is 5.10 Å². The first kappa shape index (κ1) is 18.4. The summed E-state index contributed by atoms with van der Waals surface area (Å²) in [4.78, 5) is 4.60. The highest BCUT2D eigenvalue weighted by molar-refractivity contribution is 8.13. The molecule has 3 atom stereocenters. The summed E-state index contributed by atoms with van der Waals surface area (Å²) in [6, 6.07) is 5.84. The average molecular weight is 392 g/mol. The van der Waals surface area contributed by atoms with Crippen LogP contribution < -0.4 is 5.73 Å². The van der Waals surface area contributed by atoms with E-state index in [4.69, 9.17) is 10.5 Å². The molecule has 1 saturated heterocycles. The Kier molecular flexibility index (Phi) is 4.71. The third-order valence-electron chi connectivity index (χ3n) is 5.31. The van der Waals surface area contributed by atoms with Crippen molar-refractivity contribution in [3.8, 4) is 0 Å². The van der Waals surface area contributed by atoms with Gasteiger partial charge in [-0.3, -0.25) is 4.68 Å². The Bertz CT molecular complexity index is 884. The van der Waals surface area contributed by atoms with E-state index in [1.165, 1.54) is 23.9 Å². The number of amidine groups is 1. The molecule has 1 fully saturated rings. The fourth-order valence-electron chi connectivity index (χ4n) is 3.83.